The minimum atomic E-state index is -0.723. The molecule has 1 saturated heterocycles. The van der Waals surface area contributed by atoms with Gasteiger partial charge in [0.1, 0.15) is 5.75 Å². The van der Waals surface area contributed by atoms with Gasteiger partial charge in [-0.25, -0.2) is 0 Å². The molecular formula is C13H17NO3. The van der Waals surface area contributed by atoms with Crippen molar-refractivity contribution in [2.45, 2.75) is 19.4 Å². The number of aliphatic carboxylic acids is 1. The second kappa shape index (κ2) is 4.75. The van der Waals surface area contributed by atoms with E-state index >= 15 is 0 Å². The molecule has 0 bridgehead atoms. The van der Waals surface area contributed by atoms with E-state index in [-0.39, 0.29) is 12.0 Å². The highest BCUT2D eigenvalue weighted by Crippen LogP contribution is 2.30. The molecule has 0 aromatic heterocycles. The van der Waals surface area contributed by atoms with E-state index in [0.717, 1.165) is 16.9 Å². The number of hydrogen-bond acceptors (Lipinski definition) is 3. The molecule has 0 radical (unpaired) electrons. The Hall–Kier alpha value is -1.55. The average molecular weight is 235 g/mol. The first-order chi connectivity index (χ1) is 8.10. The van der Waals surface area contributed by atoms with Crippen molar-refractivity contribution >= 4 is 5.97 Å². The predicted molar refractivity (Wildman–Crippen MR) is 64.2 cm³/mol. The first-order valence-electron chi connectivity index (χ1n) is 5.72. The average Bonchev–Trinajstić information content (AvgIpc) is 2.77. The van der Waals surface area contributed by atoms with E-state index < -0.39 is 5.97 Å². The number of aryl methyl sites for hydroxylation is 1. The predicted octanol–water partition coefficient (Wildman–Crippen LogP) is 1.74. The van der Waals surface area contributed by atoms with Crippen molar-refractivity contribution in [2.75, 3.05) is 13.7 Å². The lowest BCUT2D eigenvalue weighted by molar-refractivity contribution is -0.141. The summed E-state index contributed by atoms with van der Waals surface area (Å²) in [6, 6.07) is 6.12. The molecule has 92 valence electrons. The molecule has 1 heterocycles. The van der Waals surface area contributed by atoms with Gasteiger partial charge < -0.3 is 15.2 Å². The largest absolute Gasteiger partial charge is 0.497 e. The van der Waals surface area contributed by atoms with Gasteiger partial charge in [-0.15, -0.1) is 0 Å². The maximum Gasteiger partial charge on any atom is 0.307 e. The minimum absolute atomic E-state index is 0.116. The van der Waals surface area contributed by atoms with E-state index in [0.29, 0.717) is 13.0 Å². The first kappa shape index (κ1) is 11.9. The number of nitrogens with one attached hydrogen (secondary N) is 1. The Morgan fingerprint density at radius 1 is 1.47 bits per heavy atom. The summed E-state index contributed by atoms with van der Waals surface area (Å²) in [5, 5.41) is 12.2. The number of ether oxygens (including phenoxy) is 1. The number of carboxylic acid groups (broad SMARTS) is 1. The Morgan fingerprint density at radius 3 is 2.82 bits per heavy atom. The minimum Gasteiger partial charge on any atom is -0.497 e. The summed E-state index contributed by atoms with van der Waals surface area (Å²) in [5.74, 6) is -0.188. The van der Waals surface area contributed by atoms with Crippen LogP contribution in [0.2, 0.25) is 0 Å². The number of hydrogen-bond donors (Lipinski definition) is 2. The summed E-state index contributed by atoms with van der Waals surface area (Å²) in [7, 11) is 1.64. The molecule has 2 N–H and O–H groups in total. The fourth-order valence-electron chi connectivity index (χ4n) is 2.27. The topological polar surface area (TPSA) is 58.6 Å². The standard InChI is InChI=1S/C13H17NO3/c1-8-3-9(5-11(4-8)17-2)12-6-10(7-14-12)13(15)16/h3-5,10,12,14H,6-7H2,1-2H3,(H,15,16). The third-order valence-electron chi connectivity index (χ3n) is 3.19. The van der Waals surface area contributed by atoms with Crippen LogP contribution in [-0.4, -0.2) is 24.7 Å². The molecule has 0 spiro atoms. The van der Waals surface area contributed by atoms with Crippen molar-refractivity contribution < 1.29 is 14.6 Å². The number of rotatable bonds is 3. The van der Waals surface area contributed by atoms with Gasteiger partial charge in [-0.05, 0) is 36.6 Å². The van der Waals surface area contributed by atoms with Crippen LogP contribution in [-0.2, 0) is 4.79 Å². The molecule has 1 aliphatic rings. The molecule has 4 nitrogen and oxygen atoms in total. The number of carbonyl (C=O) groups is 1. The zero-order valence-corrected chi connectivity index (χ0v) is 10.1. The lowest BCUT2D eigenvalue weighted by Crippen LogP contribution is -2.17. The Balaban J connectivity index is 2.18. The molecule has 0 amide bonds. The third-order valence-corrected chi connectivity index (χ3v) is 3.19. The van der Waals surface area contributed by atoms with Gasteiger partial charge in [0.05, 0.1) is 13.0 Å². The molecular weight excluding hydrogens is 218 g/mol. The van der Waals surface area contributed by atoms with Gasteiger partial charge in [-0.3, -0.25) is 4.79 Å². The normalized spacial score (nSPS) is 23.6. The van der Waals surface area contributed by atoms with Crippen LogP contribution < -0.4 is 10.1 Å². The van der Waals surface area contributed by atoms with Gasteiger partial charge in [0.25, 0.3) is 0 Å². The fourth-order valence-corrected chi connectivity index (χ4v) is 2.27. The molecule has 1 fully saturated rings. The Morgan fingerprint density at radius 2 is 2.24 bits per heavy atom. The highest BCUT2D eigenvalue weighted by molar-refractivity contribution is 5.70. The van der Waals surface area contributed by atoms with Gasteiger partial charge in [0.2, 0.25) is 0 Å². The van der Waals surface area contributed by atoms with E-state index in [1.807, 2.05) is 19.1 Å². The van der Waals surface area contributed by atoms with E-state index in [2.05, 4.69) is 11.4 Å². The summed E-state index contributed by atoms with van der Waals surface area (Å²) in [6.07, 6.45) is 0.641. The van der Waals surface area contributed by atoms with Crippen molar-refractivity contribution in [3.05, 3.63) is 29.3 Å². The molecule has 0 saturated carbocycles. The van der Waals surface area contributed by atoms with Crippen LogP contribution in [0, 0.1) is 12.8 Å². The van der Waals surface area contributed by atoms with Crippen LogP contribution in [0.1, 0.15) is 23.6 Å². The summed E-state index contributed by atoms with van der Waals surface area (Å²) in [5.41, 5.74) is 2.23. The van der Waals surface area contributed by atoms with Gasteiger partial charge in [-0.2, -0.15) is 0 Å². The van der Waals surface area contributed by atoms with Crippen molar-refractivity contribution in [2.24, 2.45) is 5.92 Å². The monoisotopic (exact) mass is 235 g/mol. The smallest absolute Gasteiger partial charge is 0.307 e. The molecule has 4 heteroatoms. The molecule has 2 rings (SSSR count). The second-order valence-electron chi connectivity index (χ2n) is 4.52. The summed E-state index contributed by atoms with van der Waals surface area (Å²) >= 11 is 0. The fraction of sp³-hybridized carbons (Fsp3) is 0.462. The summed E-state index contributed by atoms with van der Waals surface area (Å²) in [6.45, 7) is 2.55. The summed E-state index contributed by atoms with van der Waals surface area (Å²) in [4.78, 5) is 10.9. The highest BCUT2D eigenvalue weighted by atomic mass is 16.5. The number of benzene rings is 1. The molecule has 17 heavy (non-hydrogen) atoms. The lowest BCUT2D eigenvalue weighted by atomic mass is 9.98. The second-order valence-corrected chi connectivity index (χ2v) is 4.52. The van der Waals surface area contributed by atoms with Crippen molar-refractivity contribution in [3.63, 3.8) is 0 Å². The SMILES string of the molecule is COc1cc(C)cc(C2CC(C(=O)O)CN2)c1. The Labute approximate surface area is 101 Å². The van der Waals surface area contributed by atoms with Crippen molar-refractivity contribution in [3.8, 4) is 5.75 Å². The quantitative estimate of drug-likeness (QED) is 0.837. The molecule has 1 aliphatic heterocycles. The molecule has 1 aromatic rings. The maximum absolute atomic E-state index is 10.9. The zero-order chi connectivity index (χ0) is 12.4. The summed E-state index contributed by atoms with van der Waals surface area (Å²) < 4.78 is 5.23. The molecule has 2 atom stereocenters. The zero-order valence-electron chi connectivity index (χ0n) is 10.1. The van der Waals surface area contributed by atoms with Crippen LogP contribution in [0.3, 0.4) is 0 Å². The van der Waals surface area contributed by atoms with Crippen LogP contribution in [0.5, 0.6) is 5.75 Å². The van der Waals surface area contributed by atoms with Gasteiger partial charge in [0.15, 0.2) is 0 Å². The van der Waals surface area contributed by atoms with Gasteiger partial charge in [0, 0.05) is 12.6 Å². The number of methoxy groups -OCH3 is 1. The van der Waals surface area contributed by atoms with Crippen LogP contribution in [0.4, 0.5) is 0 Å². The Kier molecular flexibility index (Phi) is 3.33. The van der Waals surface area contributed by atoms with Gasteiger partial charge in [-0.1, -0.05) is 6.07 Å². The van der Waals surface area contributed by atoms with Crippen molar-refractivity contribution in [1.82, 2.24) is 5.32 Å². The van der Waals surface area contributed by atoms with E-state index in [1.165, 1.54) is 0 Å². The first-order valence-corrected chi connectivity index (χ1v) is 5.72. The van der Waals surface area contributed by atoms with E-state index in [1.54, 1.807) is 7.11 Å². The van der Waals surface area contributed by atoms with Gasteiger partial charge >= 0.3 is 5.97 Å². The van der Waals surface area contributed by atoms with E-state index in [4.69, 9.17) is 9.84 Å². The van der Waals surface area contributed by atoms with Crippen LogP contribution in [0.15, 0.2) is 18.2 Å². The van der Waals surface area contributed by atoms with Crippen LogP contribution in [0.25, 0.3) is 0 Å². The number of carboxylic acids is 1. The molecule has 2 unspecified atom stereocenters. The molecule has 1 aromatic carbocycles. The Bertz CT molecular complexity index is 431. The highest BCUT2D eigenvalue weighted by Gasteiger charge is 2.30. The third kappa shape index (κ3) is 2.58. The van der Waals surface area contributed by atoms with E-state index in [9.17, 15) is 4.79 Å². The van der Waals surface area contributed by atoms with Crippen molar-refractivity contribution in [1.29, 1.82) is 0 Å². The molecule has 0 aliphatic carbocycles. The van der Waals surface area contributed by atoms with Crippen LogP contribution >= 0.6 is 0 Å². The lowest BCUT2D eigenvalue weighted by Gasteiger charge is -2.13. The maximum atomic E-state index is 10.9.